The molecule has 1 aromatic heterocycles. The summed E-state index contributed by atoms with van der Waals surface area (Å²) < 4.78 is 13.6. The molecule has 0 atom stereocenters. The van der Waals surface area contributed by atoms with Gasteiger partial charge in [0.05, 0.1) is 0 Å². The van der Waals surface area contributed by atoms with Gasteiger partial charge in [0.2, 0.25) is 0 Å². The highest BCUT2D eigenvalue weighted by Crippen LogP contribution is 2.15. The van der Waals surface area contributed by atoms with Crippen LogP contribution in [0.4, 0.5) is 15.9 Å². The van der Waals surface area contributed by atoms with Crippen LogP contribution in [0.1, 0.15) is 27.2 Å². The molecule has 0 fully saturated rings. The Hall–Kier alpha value is -3.28. The molecule has 0 aliphatic heterocycles. The van der Waals surface area contributed by atoms with Crippen molar-refractivity contribution in [1.29, 1.82) is 0 Å². The lowest BCUT2D eigenvalue weighted by atomic mass is 10.1. The SMILES string of the molecule is Cc1ccc(NC(=O)c2ccc(NCc3ccccc3F)nn2)cc1C. The zero-order valence-electron chi connectivity index (χ0n) is 14.6. The molecule has 0 spiro atoms. The predicted octanol–water partition coefficient (Wildman–Crippen LogP) is 4.10. The first-order valence-electron chi connectivity index (χ1n) is 8.22. The number of nitrogens with one attached hydrogen (secondary N) is 2. The second kappa shape index (κ2) is 7.74. The van der Waals surface area contributed by atoms with Crippen molar-refractivity contribution >= 4 is 17.4 Å². The number of halogens is 1. The second-order valence-electron chi connectivity index (χ2n) is 6.00. The highest BCUT2D eigenvalue weighted by molar-refractivity contribution is 6.02. The van der Waals surface area contributed by atoms with Gasteiger partial charge < -0.3 is 10.6 Å². The molecule has 0 aliphatic carbocycles. The number of aromatic nitrogens is 2. The summed E-state index contributed by atoms with van der Waals surface area (Å²) in [5.74, 6) is -0.144. The number of aryl methyl sites for hydroxylation is 2. The molecule has 1 heterocycles. The average molecular weight is 350 g/mol. The van der Waals surface area contributed by atoms with Crippen molar-refractivity contribution in [2.24, 2.45) is 0 Å². The molecule has 5 nitrogen and oxygen atoms in total. The highest BCUT2D eigenvalue weighted by Gasteiger charge is 2.09. The normalized spacial score (nSPS) is 10.4. The average Bonchev–Trinajstić information content (AvgIpc) is 2.64. The quantitative estimate of drug-likeness (QED) is 0.727. The van der Waals surface area contributed by atoms with Crippen LogP contribution < -0.4 is 10.6 Å². The summed E-state index contributed by atoms with van der Waals surface area (Å²) >= 11 is 0. The van der Waals surface area contributed by atoms with Crippen LogP contribution in [-0.2, 0) is 6.54 Å². The van der Waals surface area contributed by atoms with Gasteiger partial charge in [-0.15, -0.1) is 10.2 Å². The zero-order valence-corrected chi connectivity index (χ0v) is 14.6. The smallest absolute Gasteiger partial charge is 0.276 e. The van der Waals surface area contributed by atoms with Crippen LogP contribution in [0.5, 0.6) is 0 Å². The summed E-state index contributed by atoms with van der Waals surface area (Å²) in [5, 5.41) is 13.7. The van der Waals surface area contributed by atoms with E-state index in [4.69, 9.17) is 0 Å². The number of anilines is 2. The van der Waals surface area contributed by atoms with E-state index in [1.165, 1.54) is 6.07 Å². The number of carbonyl (C=O) groups excluding carboxylic acids is 1. The van der Waals surface area contributed by atoms with Crippen molar-refractivity contribution in [1.82, 2.24) is 10.2 Å². The van der Waals surface area contributed by atoms with Crippen molar-refractivity contribution in [3.8, 4) is 0 Å². The maximum absolute atomic E-state index is 13.6. The number of hydrogen-bond acceptors (Lipinski definition) is 4. The fraction of sp³-hybridized carbons (Fsp3) is 0.150. The summed E-state index contributed by atoms with van der Waals surface area (Å²) in [7, 11) is 0. The van der Waals surface area contributed by atoms with Gasteiger partial charge in [0, 0.05) is 17.8 Å². The van der Waals surface area contributed by atoms with E-state index in [0.717, 1.165) is 11.1 Å². The van der Waals surface area contributed by atoms with E-state index in [-0.39, 0.29) is 24.0 Å². The summed E-state index contributed by atoms with van der Waals surface area (Å²) in [5.41, 5.74) is 3.71. The predicted molar refractivity (Wildman–Crippen MR) is 99.6 cm³/mol. The van der Waals surface area contributed by atoms with Gasteiger partial charge in [0.25, 0.3) is 5.91 Å². The van der Waals surface area contributed by atoms with E-state index in [1.807, 2.05) is 32.0 Å². The minimum atomic E-state index is -0.332. The number of benzene rings is 2. The number of amides is 1. The molecule has 0 unspecified atom stereocenters. The van der Waals surface area contributed by atoms with Crippen LogP contribution in [0, 0.1) is 19.7 Å². The first kappa shape index (κ1) is 17.5. The molecule has 2 N–H and O–H groups in total. The second-order valence-corrected chi connectivity index (χ2v) is 6.00. The summed E-state index contributed by atoms with van der Waals surface area (Å²) in [6, 6.07) is 15.4. The topological polar surface area (TPSA) is 66.9 Å². The Balaban J connectivity index is 1.62. The summed E-state index contributed by atoms with van der Waals surface area (Å²) in [4.78, 5) is 12.3. The van der Waals surface area contributed by atoms with Crippen LogP contribution in [-0.4, -0.2) is 16.1 Å². The number of nitrogens with zero attached hydrogens (tertiary/aromatic N) is 2. The maximum atomic E-state index is 13.6. The Morgan fingerprint density at radius 1 is 1.00 bits per heavy atom. The highest BCUT2D eigenvalue weighted by atomic mass is 19.1. The molecule has 6 heteroatoms. The molecule has 26 heavy (non-hydrogen) atoms. The Kier molecular flexibility index (Phi) is 5.22. The van der Waals surface area contributed by atoms with E-state index >= 15 is 0 Å². The third kappa shape index (κ3) is 4.22. The molecular weight excluding hydrogens is 331 g/mol. The minimum absolute atomic E-state index is 0.208. The van der Waals surface area contributed by atoms with E-state index < -0.39 is 0 Å². The van der Waals surface area contributed by atoms with Crippen molar-refractivity contribution < 1.29 is 9.18 Å². The van der Waals surface area contributed by atoms with Gasteiger partial charge in [-0.1, -0.05) is 24.3 Å². The molecule has 132 valence electrons. The molecule has 0 aliphatic rings. The van der Waals surface area contributed by atoms with Crippen molar-refractivity contribution in [2.45, 2.75) is 20.4 Å². The Bertz CT molecular complexity index is 925. The van der Waals surface area contributed by atoms with Crippen LogP contribution in [0.3, 0.4) is 0 Å². The number of hydrogen-bond donors (Lipinski definition) is 2. The fourth-order valence-electron chi connectivity index (χ4n) is 2.39. The minimum Gasteiger partial charge on any atom is -0.364 e. The van der Waals surface area contributed by atoms with E-state index in [1.54, 1.807) is 30.3 Å². The van der Waals surface area contributed by atoms with Gasteiger partial charge in [0.1, 0.15) is 11.6 Å². The Morgan fingerprint density at radius 2 is 1.81 bits per heavy atom. The van der Waals surface area contributed by atoms with Gasteiger partial charge in [-0.2, -0.15) is 0 Å². The lowest BCUT2D eigenvalue weighted by Gasteiger charge is -2.08. The Morgan fingerprint density at radius 3 is 2.50 bits per heavy atom. The van der Waals surface area contributed by atoms with Gasteiger partial charge in [0.15, 0.2) is 5.69 Å². The third-order valence-corrected chi connectivity index (χ3v) is 4.08. The number of carbonyl (C=O) groups is 1. The fourth-order valence-corrected chi connectivity index (χ4v) is 2.39. The molecule has 0 saturated carbocycles. The first-order chi connectivity index (χ1) is 12.5. The van der Waals surface area contributed by atoms with E-state index in [0.29, 0.717) is 17.1 Å². The zero-order chi connectivity index (χ0) is 18.5. The lowest BCUT2D eigenvalue weighted by Crippen LogP contribution is -2.15. The van der Waals surface area contributed by atoms with Gasteiger partial charge in [-0.3, -0.25) is 4.79 Å². The van der Waals surface area contributed by atoms with Crippen LogP contribution in [0.25, 0.3) is 0 Å². The third-order valence-electron chi connectivity index (χ3n) is 4.08. The molecular formula is C20H19FN4O. The molecule has 0 saturated heterocycles. The molecule has 1 amide bonds. The largest absolute Gasteiger partial charge is 0.364 e. The molecule has 2 aromatic carbocycles. The summed E-state index contributed by atoms with van der Waals surface area (Å²) in [6.45, 7) is 4.29. The van der Waals surface area contributed by atoms with Crippen LogP contribution in [0.2, 0.25) is 0 Å². The standard InChI is InChI=1S/C20H19FN4O/c1-13-7-8-16(11-14(13)2)23-20(26)18-9-10-19(25-24-18)22-12-15-5-3-4-6-17(15)21/h3-11H,12H2,1-2H3,(H,22,25)(H,23,26). The molecule has 0 bridgehead atoms. The first-order valence-corrected chi connectivity index (χ1v) is 8.22. The van der Waals surface area contributed by atoms with Crippen molar-refractivity contribution in [3.05, 3.63) is 82.8 Å². The number of rotatable bonds is 5. The van der Waals surface area contributed by atoms with Crippen molar-refractivity contribution in [3.63, 3.8) is 0 Å². The molecule has 3 aromatic rings. The molecule has 0 radical (unpaired) electrons. The van der Waals surface area contributed by atoms with Crippen LogP contribution >= 0.6 is 0 Å². The Labute approximate surface area is 151 Å². The monoisotopic (exact) mass is 350 g/mol. The van der Waals surface area contributed by atoms with E-state index in [9.17, 15) is 9.18 Å². The van der Waals surface area contributed by atoms with Gasteiger partial charge in [-0.25, -0.2) is 4.39 Å². The lowest BCUT2D eigenvalue weighted by molar-refractivity contribution is 0.102. The van der Waals surface area contributed by atoms with E-state index in [2.05, 4.69) is 20.8 Å². The maximum Gasteiger partial charge on any atom is 0.276 e. The van der Waals surface area contributed by atoms with Gasteiger partial charge in [-0.05, 0) is 55.3 Å². The van der Waals surface area contributed by atoms with Crippen LogP contribution in [0.15, 0.2) is 54.6 Å². The van der Waals surface area contributed by atoms with Crippen molar-refractivity contribution in [2.75, 3.05) is 10.6 Å². The molecule has 3 rings (SSSR count). The summed E-state index contributed by atoms with van der Waals surface area (Å²) in [6.07, 6.45) is 0. The van der Waals surface area contributed by atoms with Gasteiger partial charge >= 0.3 is 0 Å².